The zero-order valence-electron chi connectivity index (χ0n) is 18.8. The second-order valence-electron chi connectivity index (χ2n) is 7.90. The third kappa shape index (κ3) is 4.06. The summed E-state index contributed by atoms with van der Waals surface area (Å²) in [6, 6.07) is 15.8. The molecule has 172 valence electrons. The minimum Gasteiger partial charge on any atom is -0.469 e. The van der Waals surface area contributed by atoms with Crippen molar-refractivity contribution in [1.82, 2.24) is 19.7 Å². The van der Waals surface area contributed by atoms with Gasteiger partial charge in [-0.15, -0.1) is 0 Å². The van der Waals surface area contributed by atoms with Crippen LogP contribution in [0.4, 0.5) is 0 Å². The van der Waals surface area contributed by atoms with E-state index in [-0.39, 0.29) is 12.0 Å². The number of aromatic nitrogens is 4. The summed E-state index contributed by atoms with van der Waals surface area (Å²) < 4.78 is 7.19. The highest BCUT2D eigenvalue weighted by atomic mass is 32.1. The average molecular weight is 474 g/mol. The molecule has 0 unspecified atom stereocenters. The third-order valence-corrected chi connectivity index (χ3v) is 6.78. The van der Waals surface area contributed by atoms with Crippen LogP contribution in [0.15, 0.2) is 64.5 Å². The standard InChI is InChI=1S/C25H23N5O3S/c1-15(26-12-11-16-14-27-18-8-4-3-7-17(16)18)23-20(13-22(31)33-2)29-30(24(23)32)25-28-19-9-5-6-10-21(19)34-25/h3-10,14,27,29H,11-13H2,1-2H3. The minimum absolute atomic E-state index is 0.0612. The minimum atomic E-state index is -0.439. The van der Waals surface area contributed by atoms with Gasteiger partial charge in [-0.2, -0.15) is 4.68 Å². The number of ether oxygens (including phenoxy) is 1. The summed E-state index contributed by atoms with van der Waals surface area (Å²) in [6.07, 6.45) is 2.66. The van der Waals surface area contributed by atoms with Gasteiger partial charge in [0.2, 0.25) is 5.13 Å². The number of esters is 1. The zero-order chi connectivity index (χ0) is 23.7. The van der Waals surface area contributed by atoms with Gasteiger partial charge in [0.1, 0.15) is 0 Å². The number of hydrogen-bond donors (Lipinski definition) is 2. The Morgan fingerprint density at radius 2 is 1.97 bits per heavy atom. The summed E-state index contributed by atoms with van der Waals surface area (Å²) in [6.45, 7) is 2.31. The van der Waals surface area contributed by atoms with Crippen molar-refractivity contribution >= 4 is 44.1 Å². The normalized spacial score (nSPS) is 12.0. The molecule has 34 heavy (non-hydrogen) atoms. The van der Waals surface area contributed by atoms with Crippen LogP contribution >= 0.6 is 11.3 Å². The highest BCUT2D eigenvalue weighted by Crippen LogP contribution is 2.24. The van der Waals surface area contributed by atoms with Gasteiger partial charge in [0.15, 0.2) is 0 Å². The number of thiazole rings is 1. The molecule has 0 aliphatic rings. The summed E-state index contributed by atoms with van der Waals surface area (Å²) >= 11 is 1.40. The van der Waals surface area contributed by atoms with Crippen molar-refractivity contribution in [1.29, 1.82) is 0 Å². The molecule has 8 nitrogen and oxygen atoms in total. The fourth-order valence-electron chi connectivity index (χ4n) is 4.05. The van der Waals surface area contributed by atoms with Gasteiger partial charge in [0, 0.05) is 29.4 Å². The van der Waals surface area contributed by atoms with Crippen LogP contribution in [-0.4, -0.2) is 45.1 Å². The zero-order valence-corrected chi connectivity index (χ0v) is 19.6. The van der Waals surface area contributed by atoms with Crippen LogP contribution < -0.4 is 5.56 Å². The Hall–Kier alpha value is -3.98. The maximum atomic E-state index is 13.4. The highest BCUT2D eigenvalue weighted by molar-refractivity contribution is 7.20. The SMILES string of the molecule is COC(=O)Cc1[nH]n(-c2nc3ccccc3s2)c(=O)c1C(C)=NCCc1c[nH]c2ccccc12. The molecular formula is C25H23N5O3S. The Labute approximate surface area is 198 Å². The second-order valence-corrected chi connectivity index (χ2v) is 8.91. The van der Waals surface area contributed by atoms with Crippen molar-refractivity contribution in [3.8, 4) is 5.13 Å². The van der Waals surface area contributed by atoms with Crippen molar-refractivity contribution in [2.45, 2.75) is 19.8 Å². The number of nitrogens with one attached hydrogen (secondary N) is 2. The molecule has 0 amide bonds. The number of carbonyl (C=O) groups is 1. The number of carbonyl (C=O) groups excluding carboxylic acids is 1. The van der Waals surface area contributed by atoms with Crippen LogP contribution in [0.1, 0.15) is 23.7 Å². The van der Waals surface area contributed by atoms with E-state index in [2.05, 4.69) is 26.1 Å². The molecule has 0 radical (unpaired) electrons. The number of fused-ring (bicyclic) bond motifs is 2. The van der Waals surface area contributed by atoms with Crippen molar-refractivity contribution in [2.24, 2.45) is 4.99 Å². The lowest BCUT2D eigenvalue weighted by Gasteiger charge is -2.02. The Balaban J connectivity index is 1.48. The van der Waals surface area contributed by atoms with Gasteiger partial charge >= 0.3 is 5.97 Å². The van der Waals surface area contributed by atoms with Crippen LogP contribution in [-0.2, 0) is 22.4 Å². The maximum Gasteiger partial charge on any atom is 0.311 e. The fourth-order valence-corrected chi connectivity index (χ4v) is 4.98. The second kappa shape index (κ2) is 9.11. The molecule has 0 saturated carbocycles. The summed E-state index contributed by atoms with van der Waals surface area (Å²) in [4.78, 5) is 38.0. The smallest absolute Gasteiger partial charge is 0.311 e. The number of hydrogen-bond acceptors (Lipinski definition) is 6. The number of benzene rings is 2. The largest absolute Gasteiger partial charge is 0.469 e. The van der Waals surface area contributed by atoms with Crippen LogP contribution in [0, 0.1) is 0 Å². The molecule has 9 heteroatoms. The maximum absolute atomic E-state index is 13.4. The van der Waals surface area contributed by atoms with E-state index in [9.17, 15) is 9.59 Å². The molecule has 0 fully saturated rings. The first kappa shape index (κ1) is 21.8. The van der Waals surface area contributed by atoms with E-state index < -0.39 is 5.97 Å². The Bertz CT molecular complexity index is 1550. The highest BCUT2D eigenvalue weighted by Gasteiger charge is 2.21. The number of H-pyrrole nitrogens is 2. The first-order chi connectivity index (χ1) is 16.5. The Kier molecular flexibility index (Phi) is 5.85. The molecule has 2 N–H and O–H groups in total. The lowest BCUT2D eigenvalue weighted by atomic mass is 10.1. The van der Waals surface area contributed by atoms with E-state index in [1.807, 2.05) is 48.7 Å². The predicted octanol–water partition coefficient (Wildman–Crippen LogP) is 4.02. The average Bonchev–Trinajstić information content (AvgIpc) is 3.54. The van der Waals surface area contributed by atoms with E-state index in [0.717, 1.165) is 22.2 Å². The Morgan fingerprint density at radius 3 is 2.79 bits per heavy atom. The molecule has 5 aromatic rings. The molecule has 3 heterocycles. The quantitative estimate of drug-likeness (QED) is 0.275. The monoisotopic (exact) mass is 473 g/mol. The molecule has 0 aliphatic carbocycles. The molecule has 0 aliphatic heterocycles. The van der Waals surface area contributed by atoms with Gasteiger partial charge in [-0.05, 0) is 37.1 Å². The first-order valence-electron chi connectivity index (χ1n) is 10.9. The van der Waals surface area contributed by atoms with Crippen molar-refractivity contribution in [3.05, 3.63) is 81.9 Å². The van der Waals surface area contributed by atoms with E-state index in [1.54, 1.807) is 6.92 Å². The number of aromatic amines is 2. The van der Waals surface area contributed by atoms with Gasteiger partial charge in [-0.3, -0.25) is 19.7 Å². The number of rotatable bonds is 7. The topological polar surface area (TPSA) is 105 Å². The third-order valence-electron chi connectivity index (χ3n) is 5.76. The van der Waals surface area contributed by atoms with Gasteiger partial charge in [0.05, 0.1) is 35.0 Å². The number of aliphatic imine (C=N–C) groups is 1. The molecule has 0 atom stereocenters. The van der Waals surface area contributed by atoms with Crippen molar-refractivity contribution < 1.29 is 9.53 Å². The first-order valence-corrected chi connectivity index (χ1v) is 11.7. The van der Waals surface area contributed by atoms with Gasteiger partial charge in [-0.1, -0.05) is 41.7 Å². The van der Waals surface area contributed by atoms with E-state index in [0.29, 0.717) is 28.6 Å². The van der Waals surface area contributed by atoms with Crippen LogP contribution in [0.5, 0.6) is 0 Å². The lowest BCUT2D eigenvalue weighted by molar-refractivity contribution is -0.139. The fraction of sp³-hybridized carbons (Fsp3) is 0.200. The Morgan fingerprint density at radius 1 is 1.18 bits per heavy atom. The predicted molar refractivity (Wildman–Crippen MR) is 134 cm³/mol. The summed E-state index contributed by atoms with van der Waals surface area (Å²) in [5.41, 5.74) is 4.19. The summed E-state index contributed by atoms with van der Waals surface area (Å²) in [7, 11) is 1.33. The van der Waals surface area contributed by atoms with Crippen LogP contribution in [0.25, 0.3) is 26.3 Å². The summed E-state index contributed by atoms with van der Waals surface area (Å²) in [5, 5.41) is 4.74. The molecule has 2 aromatic carbocycles. The summed E-state index contributed by atoms with van der Waals surface area (Å²) in [5.74, 6) is -0.439. The van der Waals surface area contributed by atoms with Crippen molar-refractivity contribution in [3.63, 3.8) is 0 Å². The van der Waals surface area contributed by atoms with Crippen molar-refractivity contribution in [2.75, 3.05) is 13.7 Å². The molecular weight excluding hydrogens is 450 g/mol. The molecule has 0 spiro atoms. The van der Waals surface area contributed by atoms with Crippen LogP contribution in [0.2, 0.25) is 0 Å². The van der Waals surface area contributed by atoms with E-state index in [1.165, 1.54) is 34.1 Å². The lowest BCUT2D eigenvalue weighted by Crippen LogP contribution is -2.20. The van der Waals surface area contributed by atoms with Crippen LogP contribution in [0.3, 0.4) is 0 Å². The van der Waals surface area contributed by atoms with E-state index in [4.69, 9.17) is 4.74 Å². The van der Waals surface area contributed by atoms with Gasteiger partial charge in [-0.25, -0.2) is 4.98 Å². The molecule has 0 saturated heterocycles. The molecule has 5 rings (SSSR count). The molecule has 3 aromatic heterocycles. The number of methoxy groups -OCH3 is 1. The molecule has 0 bridgehead atoms. The number of para-hydroxylation sites is 2. The van der Waals surface area contributed by atoms with Gasteiger partial charge < -0.3 is 9.72 Å². The van der Waals surface area contributed by atoms with E-state index >= 15 is 0 Å². The number of nitrogens with zero attached hydrogens (tertiary/aromatic N) is 3. The van der Waals surface area contributed by atoms with Gasteiger partial charge in [0.25, 0.3) is 5.56 Å².